The standard InChI is InChI=1S/C15H23N3O2/c16-15(20)18-10-13(12-5-2-1-3-6-12)9-14(11-18)17-7-4-8-19/h1-3,5-6,13-14,17,19H,4,7-11H2,(H2,16,20). The summed E-state index contributed by atoms with van der Waals surface area (Å²) in [5.41, 5.74) is 6.69. The predicted molar refractivity (Wildman–Crippen MR) is 78.4 cm³/mol. The lowest BCUT2D eigenvalue weighted by molar-refractivity contribution is 0.170. The Bertz CT molecular complexity index is 424. The Morgan fingerprint density at radius 1 is 1.35 bits per heavy atom. The van der Waals surface area contributed by atoms with Crippen molar-refractivity contribution in [3.63, 3.8) is 0 Å². The number of hydrogen-bond acceptors (Lipinski definition) is 3. The summed E-state index contributed by atoms with van der Waals surface area (Å²) < 4.78 is 0. The summed E-state index contributed by atoms with van der Waals surface area (Å²) in [6.45, 7) is 2.26. The Kier molecular flexibility index (Phi) is 5.38. The first-order valence-electron chi connectivity index (χ1n) is 7.14. The van der Waals surface area contributed by atoms with Crippen molar-refractivity contribution in [2.75, 3.05) is 26.2 Å². The van der Waals surface area contributed by atoms with Gasteiger partial charge in [-0.15, -0.1) is 0 Å². The molecule has 1 aromatic rings. The minimum Gasteiger partial charge on any atom is -0.396 e. The monoisotopic (exact) mass is 277 g/mol. The van der Waals surface area contributed by atoms with E-state index < -0.39 is 0 Å². The van der Waals surface area contributed by atoms with Gasteiger partial charge in [0.1, 0.15) is 0 Å². The van der Waals surface area contributed by atoms with E-state index in [0.717, 1.165) is 19.4 Å². The third-order valence-corrected chi connectivity index (χ3v) is 3.80. The minimum atomic E-state index is -0.361. The van der Waals surface area contributed by atoms with Crippen LogP contribution in [0.25, 0.3) is 0 Å². The molecular formula is C15H23N3O2. The highest BCUT2D eigenvalue weighted by molar-refractivity contribution is 5.72. The summed E-state index contributed by atoms with van der Waals surface area (Å²) in [5.74, 6) is 0.309. The Morgan fingerprint density at radius 3 is 2.75 bits per heavy atom. The highest BCUT2D eigenvalue weighted by Crippen LogP contribution is 2.26. The smallest absolute Gasteiger partial charge is 0.314 e. The number of piperidine rings is 1. The first-order chi connectivity index (χ1) is 9.70. The molecule has 20 heavy (non-hydrogen) atoms. The summed E-state index contributed by atoms with van der Waals surface area (Å²) in [4.78, 5) is 13.2. The second kappa shape index (κ2) is 7.26. The highest BCUT2D eigenvalue weighted by Gasteiger charge is 2.29. The van der Waals surface area contributed by atoms with Crippen LogP contribution in [0.15, 0.2) is 30.3 Å². The molecule has 1 aromatic carbocycles. The number of carbonyl (C=O) groups is 1. The summed E-state index contributed by atoms with van der Waals surface area (Å²) >= 11 is 0. The molecule has 0 aromatic heterocycles. The van der Waals surface area contributed by atoms with Crippen molar-refractivity contribution in [3.8, 4) is 0 Å². The van der Waals surface area contributed by atoms with Crippen LogP contribution in [0.2, 0.25) is 0 Å². The average molecular weight is 277 g/mol. The molecule has 1 fully saturated rings. The highest BCUT2D eigenvalue weighted by atomic mass is 16.3. The van der Waals surface area contributed by atoms with Crippen LogP contribution in [0.3, 0.4) is 0 Å². The number of urea groups is 1. The van der Waals surface area contributed by atoms with Crippen LogP contribution in [0.1, 0.15) is 24.3 Å². The van der Waals surface area contributed by atoms with Gasteiger partial charge < -0.3 is 21.1 Å². The molecule has 1 heterocycles. The van der Waals surface area contributed by atoms with Crippen LogP contribution >= 0.6 is 0 Å². The molecule has 2 rings (SSSR count). The fourth-order valence-corrected chi connectivity index (χ4v) is 2.78. The SMILES string of the molecule is NC(=O)N1CC(NCCCO)CC(c2ccccc2)C1. The zero-order chi connectivity index (χ0) is 14.4. The second-order valence-electron chi connectivity index (χ2n) is 5.31. The van der Waals surface area contributed by atoms with Crippen molar-refractivity contribution in [1.82, 2.24) is 10.2 Å². The van der Waals surface area contributed by atoms with E-state index in [1.165, 1.54) is 5.56 Å². The third-order valence-electron chi connectivity index (χ3n) is 3.80. The summed E-state index contributed by atoms with van der Waals surface area (Å²) in [6, 6.07) is 10.1. The molecule has 4 N–H and O–H groups in total. The van der Waals surface area contributed by atoms with Gasteiger partial charge in [-0.3, -0.25) is 0 Å². The molecule has 5 heteroatoms. The van der Waals surface area contributed by atoms with Crippen LogP contribution in [0, 0.1) is 0 Å². The quantitative estimate of drug-likeness (QED) is 0.700. The van der Waals surface area contributed by atoms with Gasteiger partial charge in [-0.1, -0.05) is 30.3 Å². The number of aliphatic hydroxyl groups is 1. The lowest BCUT2D eigenvalue weighted by atomic mass is 9.88. The van der Waals surface area contributed by atoms with E-state index in [1.807, 2.05) is 18.2 Å². The number of amides is 2. The fraction of sp³-hybridized carbons (Fsp3) is 0.533. The zero-order valence-electron chi connectivity index (χ0n) is 11.7. The number of benzene rings is 1. The van der Waals surface area contributed by atoms with E-state index in [2.05, 4.69) is 17.4 Å². The van der Waals surface area contributed by atoms with E-state index in [4.69, 9.17) is 10.8 Å². The van der Waals surface area contributed by atoms with Crippen molar-refractivity contribution in [3.05, 3.63) is 35.9 Å². The predicted octanol–water partition coefficient (Wildman–Crippen LogP) is 0.895. The number of hydrogen-bond donors (Lipinski definition) is 3. The molecule has 2 unspecified atom stereocenters. The average Bonchev–Trinajstić information content (AvgIpc) is 2.48. The Labute approximate surface area is 119 Å². The zero-order valence-corrected chi connectivity index (χ0v) is 11.7. The summed E-state index contributed by atoms with van der Waals surface area (Å²) in [5, 5.41) is 12.2. The number of rotatable bonds is 5. The van der Waals surface area contributed by atoms with Crippen molar-refractivity contribution < 1.29 is 9.90 Å². The molecule has 0 radical (unpaired) electrons. The van der Waals surface area contributed by atoms with Crippen LogP contribution < -0.4 is 11.1 Å². The molecule has 0 spiro atoms. The summed E-state index contributed by atoms with van der Waals surface area (Å²) in [7, 11) is 0. The maximum atomic E-state index is 11.5. The minimum absolute atomic E-state index is 0.182. The first-order valence-corrected chi connectivity index (χ1v) is 7.14. The largest absolute Gasteiger partial charge is 0.396 e. The molecule has 1 saturated heterocycles. The molecule has 2 atom stereocenters. The fourth-order valence-electron chi connectivity index (χ4n) is 2.78. The molecule has 5 nitrogen and oxygen atoms in total. The molecule has 110 valence electrons. The first kappa shape index (κ1) is 14.8. The Morgan fingerprint density at radius 2 is 2.10 bits per heavy atom. The van der Waals surface area contributed by atoms with E-state index in [0.29, 0.717) is 19.0 Å². The van der Waals surface area contributed by atoms with Gasteiger partial charge in [-0.2, -0.15) is 0 Å². The molecule has 2 amide bonds. The lowest BCUT2D eigenvalue weighted by Gasteiger charge is -2.37. The van der Waals surface area contributed by atoms with Gasteiger partial charge in [0.25, 0.3) is 0 Å². The summed E-state index contributed by atoms with van der Waals surface area (Å²) in [6.07, 6.45) is 1.71. The van der Waals surface area contributed by atoms with E-state index in [-0.39, 0.29) is 18.7 Å². The molecule has 0 bridgehead atoms. The van der Waals surface area contributed by atoms with Crippen molar-refractivity contribution in [2.24, 2.45) is 5.73 Å². The van der Waals surface area contributed by atoms with Crippen molar-refractivity contribution in [2.45, 2.75) is 24.8 Å². The van der Waals surface area contributed by atoms with Crippen LogP contribution in [-0.2, 0) is 0 Å². The number of nitrogens with one attached hydrogen (secondary N) is 1. The normalized spacial score (nSPS) is 22.8. The maximum Gasteiger partial charge on any atom is 0.314 e. The van der Waals surface area contributed by atoms with Gasteiger partial charge in [-0.25, -0.2) is 4.79 Å². The van der Waals surface area contributed by atoms with Gasteiger partial charge in [0.15, 0.2) is 0 Å². The van der Waals surface area contributed by atoms with E-state index in [1.54, 1.807) is 4.90 Å². The van der Waals surface area contributed by atoms with Crippen molar-refractivity contribution in [1.29, 1.82) is 0 Å². The number of aliphatic hydroxyl groups excluding tert-OH is 1. The molecule has 1 aliphatic rings. The van der Waals surface area contributed by atoms with E-state index in [9.17, 15) is 4.79 Å². The third kappa shape index (κ3) is 3.95. The number of nitrogens with zero attached hydrogens (tertiary/aromatic N) is 1. The Balaban J connectivity index is 2.02. The second-order valence-corrected chi connectivity index (χ2v) is 5.31. The van der Waals surface area contributed by atoms with E-state index >= 15 is 0 Å². The van der Waals surface area contributed by atoms with Gasteiger partial charge in [-0.05, 0) is 24.9 Å². The molecule has 1 aliphatic heterocycles. The van der Waals surface area contributed by atoms with Gasteiger partial charge in [0.2, 0.25) is 0 Å². The molecule has 0 saturated carbocycles. The number of carbonyl (C=O) groups excluding carboxylic acids is 1. The van der Waals surface area contributed by atoms with Crippen LogP contribution in [0.4, 0.5) is 4.79 Å². The van der Waals surface area contributed by atoms with Crippen LogP contribution in [-0.4, -0.2) is 48.3 Å². The maximum absolute atomic E-state index is 11.5. The number of primary amides is 1. The molecular weight excluding hydrogens is 254 g/mol. The molecule has 0 aliphatic carbocycles. The van der Waals surface area contributed by atoms with Gasteiger partial charge in [0.05, 0.1) is 0 Å². The van der Waals surface area contributed by atoms with Gasteiger partial charge >= 0.3 is 6.03 Å². The van der Waals surface area contributed by atoms with Crippen LogP contribution in [0.5, 0.6) is 0 Å². The Hall–Kier alpha value is -1.59. The van der Waals surface area contributed by atoms with Gasteiger partial charge in [0, 0.05) is 31.7 Å². The topological polar surface area (TPSA) is 78.6 Å². The van der Waals surface area contributed by atoms with Crippen molar-refractivity contribution >= 4 is 6.03 Å². The number of likely N-dealkylation sites (tertiary alicyclic amines) is 1. The lowest BCUT2D eigenvalue weighted by Crippen LogP contribution is -2.52. The number of nitrogens with two attached hydrogens (primary N) is 1.